The normalized spacial score (nSPS) is 13.9. The monoisotopic (exact) mass is 419 g/mol. The minimum absolute atomic E-state index is 0.116. The van der Waals surface area contributed by atoms with Crippen LogP contribution in [0.5, 0.6) is 0 Å². The molecule has 0 unspecified atom stereocenters. The van der Waals surface area contributed by atoms with Gasteiger partial charge in [0.2, 0.25) is 5.91 Å². The average Bonchev–Trinajstić information content (AvgIpc) is 2.80. The number of nitrogens with zero attached hydrogens (tertiary/aromatic N) is 5. The Balaban J connectivity index is 1.66. The summed E-state index contributed by atoms with van der Waals surface area (Å²) in [6.07, 6.45) is 5.51. The van der Waals surface area contributed by atoms with Crippen LogP contribution in [0.3, 0.4) is 0 Å². The zero-order valence-corrected chi connectivity index (χ0v) is 17.3. The highest BCUT2D eigenvalue weighted by atomic mass is 35.5. The number of rotatable bonds is 5. The van der Waals surface area contributed by atoms with Crippen LogP contribution in [-0.2, 0) is 4.79 Å². The Morgan fingerprint density at radius 2 is 1.83 bits per heavy atom. The van der Waals surface area contributed by atoms with Gasteiger partial charge in [0.15, 0.2) is 5.82 Å². The topological polar surface area (TPSA) is 62.2 Å². The molecule has 0 radical (unpaired) electrons. The Bertz CT molecular complexity index is 1030. The standard InChI is InChI=1S/C23H22ClN5O/c1-2-4-22(30)29-13-11-28(12-14-29)21-15-20(17-6-8-19(24)9-7-17)26-23(27-21)18-5-3-10-25-16-18/h2-3,5-10,15-16H,1,4,11-14H2. The molecule has 30 heavy (non-hydrogen) atoms. The van der Waals surface area contributed by atoms with Gasteiger partial charge >= 0.3 is 0 Å². The lowest BCUT2D eigenvalue weighted by molar-refractivity contribution is -0.130. The van der Waals surface area contributed by atoms with Crippen LogP contribution in [0.2, 0.25) is 5.02 Å². The molecule has 4 rings (SSSR count). The van der Waals surface area contributed by atoms with Gasteiger partial charge in [-0.2, -0.15) is 0 Å². The first-order valence-corrected chi connectivity index (χ1v) is 10.2. The molecule has 6 nitrogen and oxygen atoms in total. The Hall–Kier alpha value is -3.25. The van der Waals surface area contributed by atoms with E-state index in [1.165, 1.54) is 0 Å². The maximum atomic E-state index is 12.1. The van der Waals surface area contributed by atoms with Crippen LogP contribution in [0.1, 0.15) is 6.42 Å². The van der Waals surface area contributed by atoms with E-state index >= 15 is 0 Å². The molecule has 0 saturated carbocycles. The highest BCUT2D eigenvalue weighted by Gasteiger charge is 2.22. The van der Waals surface area contributed by atoms with E-state index in [4.69, 9.17) is 21.6 Å². The summed E-state index contributed by atoms with van der Waals surface area (Å²) in [6, 6.07) is 13.4. The number of carbonyl (C=O) groups excluding carboxylic acids is 1. The number of amides is 1. The summed E-state index contributed by atoms with van der Waals surface area (Å²) in [7, 11) is 0. The van der Waals surface area contributed by atoms with Gasteiger partial charge in [0.1, 0.15) is 5.82 Å². The molecule has 0 aliphatic carbocycles. The van der Waals surface area contributed by atoms with Crippen LogP contribution >= 0.6 is 11.6 Å². The second-order valence-electron chi connectivity index (χ2n) is 7.04. The van der Waals surface area contributed by atoms with E-state index in [-0.39, 0.29) is 5.91 Å². The third kappa shape index (κ3) is 4.49. The molecule has 0 bridgehead atoms. The summed E-state index contributed by atoms with van der Waals surface area (Å²) in [4.78, 5) is 30.0. The number of hydrogen-bond donors (Lipinski definition) is 0. The molecule has 1 aliphatic heterocycles. The van der Waals surface area contributed by atoms with Crippen molar-refractivity contribution in [2.75, 3.05) is 31.1 Å². The molecular weight excluding hydrogens is 398 g/mol. The Kier molecular flexibility index (Phi) is 6.05. The Labute approximate surface area is 180 Å². The summed E-state index contributed by atoms with van der Waals surface area (Å²) in [6.45, 7) is 6.41. The maximum absolute atomic E-state index is 12.1. The van der Waals surface area contributed by atoms with Crippen molar-refractivity contribution in [2.45, 2.75) is 6.42 Å². The number of halogens is 1. The summed E-state index contributed by atoms with van der Waals surface area (Å²) < 4.78 is 0. The molecule has 3 aromatic rings. The number of aromatic nitrogens is 3. The fourth-order valence-corrected chi connectivity index (χ4v) is 3.55. The molecule has 1 aliphatic rings. The van der Waals surface area contributed by atoms with E-state index < -0.39 is 0 Å². The van der Waals surface area contributed by atoms with Gasteiger partial charge < -0.3 is 9.80 Å². The zero-order chi connectivity index (χ0) is 20.9. The van der Waals surface area contributed by atoms with Gasteiger partial charge in [0.25, 0.3) is 0 Å². The molecule has 7 heteroatoms. The molecule has 3 heterocycles. The van der Waals surface area contributed by atoms with Crippen molar-refractivity contribution in [1.29, 1.82) is 0 Å². The van der Waals surface area contributed by atoms with Crippen LogP contribution in [0.15, 0.2) is 67.5 Å². The van der Waals surface area contributed by atoms with E-state index in [1.807, 2.05) is 47.4 Å². The van der Waals surface area contributed by atoms with Crippen molar-refractivity contribution in [2.24, 2.45) is 0 Å². The lowest BCUT2D eigenvalue weighted by Crippen LogP contribution is -2.49. The quantitative estimate of drug-likeness (QED) is 0.583. The molecule has 152 valence electrons. The highest BCUT2D eigenvalue weighted by molar-refractivity contribution is 6.30. The fraction of sp³-hybridized carbons (Fsp3) is 0.217. The number of benzene rings is 1. The molecule has 0 spiro atoms. The first-order valence-electron chi connectivity index (χ1n) is 9.83. The minimum Gasteiger partial charge on any atom is -0.353 e. The minimum atomic E-state index is 0.116. The third-order valence-corrected chi connectivity index (χ3v) is 5.30. The SMILES string of the molecule is C=CCC(=O)N1CCN(c2cc(-c3ccc(Cl)cc3)nc(-c3cccnc3)n2)CC1. The largest absolute Gasteiger partial charge is 0.353 e. The van der Waals surface area contributed by atoms with Crippen molar-refractivity contribution < 1.29 is 4.79 Å². The van der Waals surface area contributed by atoms with Gasteiger partial charge in [-0.3, -0.25) is 9.78 Å². The third-order valence-electron chi connectivity index (χ3n) is 5.05. The van der Waals surface area contributed by atoms with Gasteiger partial charge in [0, 0.05) is 67.2 Å². The smallest absolute Gasteiger partial charge is 0.226 e. The molecule has 1 fully saturated rings. The second-order valence-corrected chi connectivity index (χ2v) is 7.48. The van der Waals surface area contributed by atoms with E-state index in [2.05, 4.69) is 16.5 Å². The summed E-state index contributed by atoms with van der Waals surface area (Å²) in [5.74, 6) is 1.57. The first-order chi connectivity index (χ1) is 14.6. The van der Waals surface area contributed by atoms with Gasteiger partial charge in [-0.05, 0) is 24.3 Å². The fourth-order valence-electron chi connectivity index (χ4n) is 3.43. The summed E-state index contributed by atoms with van der Waals surface area (Å²) >= 11 is 6.05. The van der Waals surface area contributed by atoms with Gasteiger partial charge in [-0.15, -0.1) is 6.58 Å². The van der Waals surface area contributed by atoms with E-state index in [9.17, 15) is 4.79 Å². The van der Waals surface area contributed by atoms with E-state index in [1.54, 1.807) is 18.5 Å². The van der Waals surface area contributed by atoms with Crippen LogP contribution in [-0.4, -0.2) is 51.9 Å². The maximum Gasteiger partial charge on any atom is 0.226 e. The number of pyridine rings is 1. The van der Waals surface area contributed by atoms with Gasteiger partial charge in [0.05, 0.1) is 5.69 Å². The van der Waals surface area contributed by atoms with Crippen molar-refractivity contribution in [3.63, 3.8) is 0 Å². The molecular formula is C23H22ClN5O. The summed E-state index contributed by atoms with van der Waals surface area (Å²) in [5.41, 5.74) is 2.64. The molecule has 0 N–H and O–H groups in total. The number of anilines is 1. The second kappa shape index (κ2) is 9.05. The lowest BCUT2D eigenvalue weighted by atomic mass is 10.1. The van der Waals surface area contributed by atoms with Gasteiger partial charge in [-0.25, -0.2) is 9.97 Å². The Morgan fingerprint density at radius 3 is 2.50 bits per heavy atom. The van der Waals surface area contributed by atoms with E-state index in [0.717, 1.165) is 22.6 Å². The predicted molar refractivity (Wildman–Crippen MR) is 119 cm³/mol. The number of hydrogen-bond acceptors (Lipinski definition) is 5. The van der Waals surface area contributed by atoms with Crippen LogP contribution < -0.4 is 4.90 Å². The van der Waals surface area contributed by atoms with Crippen molar-refractivity contribution in [1.82, 2.24) is 19.9 Å². The van der Waals surface area contributed by atoms with Crippen LogP contribution in [0.4, 0.5) is 5.82 Å². The number of carbonyl (C=O) groups is 1. The van der Waals surface area contributed by atoms with E-state index in [0.29, 0.717) is 43.4 Å². The molecule has 1 amide bonds. The van der Waals surface area contributed by atoms with Gasteiger partial charge in [-0.1, -0.05) is 29.8 Å². The van der Waals surface area contributed by atoms with Crippen molar-refractivity contribution in [3.05, 3.63) is 72.5 Å². The number of piperazine rings is 1. The predicted octanol–water partition coefficient (Wildman–Crippen LogP) is 4.08. The van der Waals surface area contributed by atoms with Crippen LogP contribution in [0.25, 0.3) is 22.6 Å². The summed E-state index contributed by atoms with van der Waals surface area (Å²) in [5, 5.41) is 0.681. The molecule has 1 aromatic carbocycles. The zero-order valence-electron chi connectivity index (χ0n) is 16.5. The van der Waals surface area contributed by atoms with Crippen molar-refractivity contribution >= 4 is 23.3 Å². The molecule has 2 aromatic heterocycles. The molecule has 0 atom stereocenters. The lowest BCUT2D eigenvalue weighted by Gasteiger charge is -2.35. The Morgan fingerprint density at radius 1 is 1.07 bits per heavy atom. The average molecular weight is 420 g/mol. The first kappa shape index (κ1) is 20.0. The highest BCUT2D eigenvalue weighted by Crippen LogP contribution is 2.27. The molecule has 1 saturated heterocycles. The van der Waals surface area contributed by atoms with Crippen molar-refractivity contribution in [3.8, 4) is 22.6 Å². The van der Waals surface area contributed by atoms with Crippen LogP contribution in [0, 0.1) is 0 Å².